The molecular formula is C14H19N3. The highest BCUT2D eigenvalue weighted by Gasteiger charge is 2.14. The highest BCUT2D eigenvalue weighted by Crippen LogP contribution is 2.28. The molecule has 0 radical (unpaired) electrons. The van der Waals surface area contributed by atoms with Crippen molar-refractivity contribution in [3.8, 4) is 11.3 Å². The third-order valence-electron chi connectivity index (χ3n) is 2.99. The summed E-state index contributed by atoms with van der Waals surface area (Å²) in [7, 11) is 1.90. The second kappa shape index (κ2) is 4.62. The van der Waals surface area contributed by atoms with E-state index in [4.69, 9.17) is 5.73 Å². The van der Waals surface area contributed by atoms with Crippen molar-refractivity contribution in [3.63, 3.8) is 0 Å². The van der Waals surface area contributed by atoms with E-state index in [1.54, 1.807) is 4.68 Å². The monoisotopic (exact) mass is 229 g/mol. The van der Waals surface area contributed by atoms with E-state index in [0.717, 1.165) is 29.9 Å². The number of hydrogen-bond donors (Lipinski definition) is 1. The lowest BCUT2D eigenvalue weighted by Crippen LogP contribution is -1.99. The summed E-state index contributed by atoms with van der Waals surface area (Å²) in [6, 6.07) is 8.40. The molecule has 0 aliphatic heterocycles. The smallest absolute Gasteiger partial charge is 0.125 e. The first kappa shape index (κ1) is 11.7. The number of aryl methyl sites for hydroxylation is 2. The number of rotatable bonds is 3. The lowest BCUT2D eigenvalue weighted by atomic mass is 10.0. The van der Waals surface area contributed by atoms with Gasteiger partial charge in [-0.05, 0) is 19.4 Å². The molecule has 17 heavy (non-hydrogen) atoms. The molecule has 2 rings (SSSR count). The van der Waals surface area contributed by atoms with Crippen LogP contribution in [0.4, 0.5) is 5.82 Å². The maximum atomic E-state index is 6.07. The Morgan fingerprint density at radius 3 is 2.76 bits per heavy atom. The first-order chi connectivity index (χ1) is 8.13. The highest BCUT2D eigenvalue weighted by atomic mass is 15.3. The molecule has 3 nitrogen and oxygen atoms in total. The summed E-state index contributed by atoms with van der Waals surface area (Å²) >= 11 is 0. The van der Waals surface area contributed by atoms with E-state index in [1.807, 2.05) is 7.05 Å². The summed E-state index contributed by atoms with van der Waals surface area (Å²) < 4.78 is 1.77. The number of anilines is 1. The van der Waals surface area contributed by atoms with E-state index >= 15 is 0 Å². The average Bonchev–Trinajstić information content (AvgIpc) is 2.58. The molecule has 0 aliphatic rings. The third kappa shape index (κ3) is 2.18. The zero-order valence-corrected chi connectivity index (χ0v) is 10.7. The predicted octanol–water partition coefficient (Wildman–Crippen LogP) is 2.93. The van der Waals surface area contributed by atoms with Crippen LogP contribution in [-0.4, -0.2) is 9.78 Å². The van der Waals surface area contributed by atoms with E-state index < -0.39 is 0 Å². The van der Waals surface area contributed by atoms with Crippen molar-refractivity contribution in [3.05, 3.63) is 35.4 Å². The molecule has 2 N–H and O–H groups in total. The Morgan fingerprint density at radius 1 is 1.35 bits per heavy atom. The zero-order chi connectivity index (χ0) is 12.4. The molecule has 2 aromatic rings. The molecule has 0 saturated carbocycles. The predicted molar refractivity (Wildman–Crippen MR) is 71.8 cm³/mol. The van der Waals surface area contributed by atoms with Gasteiger partial charge in [0.25, 0.3) is 0 Å². The van der Waals surface area contributed by atoms with Crippen LogP contribution in [0.3, 0.4) is 0 Å². The summed E-state index contributed by atoms with van der Waals surface area (Å²) in [5, 5.41) is 4.53. The Balaban J connectivity index is 2.55. The van der Waals surface area contributed by atoms with E-state index in [0.29, 0.717) is 0 Å². The van der Waals surface area contributed by atoms with Gasteiger partial charge in [0.2, 0.25) is 0 Å². The number of nitrogens with zero attached hydrogens (tertiary/aromatic N) is 2. The molecular weight excluding hydrogens is 210 g/mol. The first-order valence-electron chi connectivity index (χ1n) is 6.02. The van der Waals surface area contributed by atoms with Crippen LogP contribution in [0.5, 0.6) is 0 Å². The molecule has 0 amide bonds. The zero-order valence-electron chi connectivity index (χ0n) is 10.7. The molecule has 1 aromatic heterocycles. The van der Waals surface area contributed by atoms with Gasteiger partial charge in [-0.1, -0.05) is 37.1 Å². The molecule has 3 heteroatoms. The van der Waals surface area contributed by atoms with Gasteiger partial charge in [0.15, 0.2) is 0 Å². The van der Waals surface area contributed by atoms with Crippen molar-refractivity contribution in [1.82, 2.24) is 9.78 Å². The van der Waals surface area contributed by atoms with E-state index in [1.165, 1.54) is 11.1 Å². The average molecular weight is 229 g/mol. The molecule has 0 unspecified atom stereocenters. The minimum atomic E-state index is 0.781. The number of nitrogens with two attached hydrogens (primary N) is 1. The van der Waals surface area contributed by atoms with Crippen LogP contribution < -0.4 is 5.73 Å². The van der Waals surface area contributed by atoms with Crippen molar-refractivity contribution in [2.45, 2.75) is 26.7 Å². The summed E-state index contributed by atoms with van der Waals surface area (Å²) in [6.45, 7) is 4.25. The Labute approximate surface area is 102 Å². The van der Waals surface area contributed by atoms with Crippen LogP contribution in [0, 0.1) is 6.92 Å². The summed E-state index contributed by atoms with van der Waals surface area (Å²) in [5.74, 6) is 0.781. The lowest BCUT2D eigenvalue weighted by molar-refractivity contribution is 0.781. The summed E-state index contributed by atoms with van der Waals surface area (Å²) in [5.41, 5.74) is 10.7. The van der Waals surface area contributed by atoms with Crippen LogP contribution in [0.1, 0.15) is 24.5 Å². The summed E-state index contributed by atoms with van der Waals surface area (Å²) in [4.78, 5) is 0. The molecule has 0 aliphatic carbocycles. The van der Waals surface area contributed by atoms with Gasteiger partial charge >= 0.3 is 0 Å². The van der Waals surface area contributed by atoms with Crippen LogP contribution in [0.15, 0.2) is 24.3 Å². The topological polar surface area (TPSA) is 43.8 Å². The Kier molecular flexibility index (Phi) is 3.18. The van der Waals surface area contributed by atoms with Gasteiger partial charge in [0.1, 0.15) is 5.82 Å². The standard InChI is InChI=1S/C14H19N3/c1-4-6-12-13(16-17(3)14(12)15)11-8-5-7-10(2)9-11/h5,7-9H,4,6,15H2,1-3H3. The fourth-order valence-electron chi connectivity index (χ4n) is 2.10. The van der Waals surface area contributed by atoms with Gasteiger partial charge in [-0.3, -0.25) is 4.68 Å². The van der Waals surface area contributed by atoms with E-state index in [-0.39, 0.29) is 0 Å². The second-order valence-corrected chi connectivity index (χ2v) is 4.46. The fourth-order valence-corrected chi connectivity index (χ4v) is 2.10. The third-order valence-corrected chi connectivity index (χ3v) is 2.99. The van der Waals surface area contributed by atoms with Crippen molar-refractivity contribution in [2.75, 3.05) is 5.73 Å². The van der Waals surface area contributed by atoms with Crippen molar-refractivity contribution in [2.24, 2.45) is 7.05 Å². The number of nitrogen functional groups attached to an aromatic ring is 1. The van der Waals surface area contributed by atoms with Crippen molar-refractivity contribution >= 4 is 5.82 Å². The quantitative estimate of drug-likeness (QED) is 0.879. The van der Waals surface area contributed by atoms with Crippen LogP contribution in [0.25, 0.3) is 11.3 Å². The SMILES string of the molecule is CCCc1c(-c2cccc(C)c2)nn(C)c1N. The Morgan fingerprint density at radius 2 is 2.12 bits per heavy atom. The number of hydrogen-bond acceptors (Lipinski definition) is 2. The second-order valence-electron chi connectivity index (χ2n) is 4.46. The van der Waals surface area contributed by atoms with Gasteiger partial charge < -0.3 is 5.73 Å². The molecule has 0 atom stereocenters. The molecule has 90 valence electrons. The number of benzene rings is 1. The molecule has 1 aromatic carbocycles. The van der Waals surface area contributed by atoms with Crippen molar-refractivity contribution < 1.29 is 0 Å². The molecule has 0 bridgehead atoms. The largest absolute Gasteiger partial charge is 0.384 e. The number of aromatic nitrogens is 2. The molecule has 0 saturated heterocycles. The summed E-state index contributed by atoms with van der Waals surface area (Å²) in [6.07, 6.45) is 2.05. The molecule has 0 fully saturated rings. The highest BCUT2D eigenvalue weighted by molar-refractivity contribution is 5.68. The minimum Gasteiger partial charge on any atom is -0.384 e. The fraction of sp³-hybridized carbons (Fsp3) is 0.357. The maximum absolute atomic E-state index is 6.07. The van der Waals surface area contributed by atoms with Crippen LogP contribution in [-0.2, 0) is 13.5 Å². The normalized spacial score (nSPS) is 10.8. The minimum absolute atomic E-state index is 0.781. The van der Waals surface area contributed by atoms with Gasteiger partial charge in [0, 0.05) is 18.2 Å². The van der Waals surface area contributed by atoms with Gasteiger partial charge in [-0.25, -0.2) is 0 Å². The molecule has 0 spiro atoms. The van der Waals surface area contributed by atoms with Crippen LogP contribution in [0.2, 0.25) is 0 Å². The van der Waals surface area contributed by atoms with Gasteiger partial charge in [-0.2, -0.15) is 5.10 Å². The lowest BCUT2D eigenvalue weighted by Gasteiger charge is -2.03. The maximum Gasteiger partial charge on any atom is 0.125 e. The molecule has 1 heterocycles. The van der Waals surface area contributed by atoms with Crippen LogP contribution >= 0.6 is 0 Å². The Hall–Kier alpha value is -1.77. The van der Waals surface area contributed by atoms with Crippen molar-refractivity contribution in [1.29, 1.82) is 0 Å². The van der Waals surface area contributed by atoms with Gasteiger partial charge in [-0.15, -0.1) is 0 Å². The van der Waals surface area contributed by atoms with E-state index in [9.17, 15) is 0 Å². The Bertz CT molecular complexity index is 526. The van der Waals surface area contributed by atoms with Gasteiger partial charge in [0.05, 0.1) is 5.69 Å². The van der Waals surface area contributed by atoms with E-state index in [2.05, 4.69) is 43.2 Å². The first-order valence-corrected chi connectivity index (χ1v) is 6.02.